The minimum Gasteiger partial charge on any atom is -0.248 e. The average Bonchev–Trinajstić information content (AvgIpc) is 2.53. The third-order valence-electron chi connectivity index (χ3n) is 2.67. The maximum Gasteiger partial charge on any atom is 0.266 e. The smallest absolute Gasteiger partial charge is 0.248 e. The SMILES string of the molecule is Cc1cccc(Cn2nc(C)c(S(=O)(=O)Cl)c2Cl)c1. The summed E-state index contributed by atoms with van der Waals surface area (Å²) in [6.45, 7) is 3.94. The van der Waals surface area contributed by atoms with Crippen LogP contribution in [-0.2, 0) is 15.6 Å². The van der Waals surface area contributed by atoms with E-state index in [1.165, 1.54) is 4.68 Å². The molecular formula is C12H12Cl2N2O2S. The van der Waals surface area contributed by atoms with Crippen molar-refractivity contribution in [3.63, 3.8) is 0 Å². The molecule has 0 saturated heterocycles. The minimum atomic E-state index is -3.89. The molecule has 0 amide bonds. The maximum absolute atomic E-state index is 11.4. The topological polar surface area (TPSA) is 52.0 Å². The number of halogens is 2. The first-order chi connectivity index (χ1) is 8.79. The number of hydrogen-bond donors (Lipinski definition) is 0. The maximum atomic E-state index is 11.4. The van der Waals surface area contributed by atoms with Gasteiger partial charge in [0.25, 0.3) is 9.05 Å². The van der Waals surface area contributed by atoms with Crippen LogP contribution in [0.1, 0.15) is 16.8 Å². The van der Waals surface area contributed by atoms with Crippen LogP contribution in [0, 0.1) is 13.8 Å². The first kappa shape index (κ1) is 14.4. The zero-order valence-corrected chi connectivity index (χ0v) is 12.7. The van der Waals surface area contributed by atoms with Crippen LogP contribution < -0.4 is 0 Å². The van der Waals surface area contributed by atoms with Gasteiger partial charge in [-0.1, -0.05) is 41.4 Å². The van der Waals surface area contributed by atoms with Crippen molar-refractivity contribution in [3.05, 3.63) is 46.2 Å². The molecule has 2 aromatic rings. The first-order valence-electron chi connectivity index (χ1n) is 5.52. The molecule has 0 spiro atoms. The van der Waals surface area contributed by atoms with Gasteiger partial charge >= 0.3 is 0 Å². The Morgan fingerprint density at radius 2 is 2.00 bits per heavy atom. The Morgan fingerprint density at radius 3 is 2.53 bits per heavy atom. The van der Waals surface area contributed by atoms with E-state index in [2.05, 4.69) is 5.10 Å². The number of hydrogen-bond acceptors (Lipinski definition) is 3. The van der Waals surface area contributed by atoms with Crippen molar-refractivity contribution in [2.75, 3.05) is 0 Å². The van der Waals surface area contributed by atoms with Crippen LogP contribution >= 0.6 is 22.3 Å². The number of nitrogens with zero attached hydrogens (tertiary/aromatic N) is 2. The first-order valence-corrected chi connectivity index (χ1v) is 8.21. The third-order valence-corrected chi connectivity index (χ3v) is 4.61. The van der Waals surface area contributed by atoms with Crippen LogP contribution in [0.15, 0.2) is 29.2 Å². The van der Waals surface area contributed by atoms with Gasteiger partial charge < -0.3 is 0 Å². The fraction of sp³-hybridized carbons (Fsp3) is 0.250. The second-order valence-electron chi connectivity index (χ2n) is 4.29. The van der Waals surface area contributed by atoms with Crippen LogP contribution in [0.25, 0.3) is 0 Å². The van der Waals surface area contributed by atoms with Crippen LogP contribution in [0.5, 0.6) is 0 Å². The van der Waals surface area contributed by atoms with E-state index in [9.17, 15) is 8.42 Å². The van der Waals surface area contributed by atoms with Gasteiger partial charge in [0.1, 0.15) is 10.0 Å². The van der Waals surface area contributed by atoms with Crippen LogP contribution in [0.4, 0.5) is 0 Å². The predicted molar refractivity (Wildman–Crippen MR) is 75.3 cm³/mol. The Balaban J connectivity index is 2.43. The zero-order chi connectivity index (χ0) is 14.2. The van der Waals surface area contributed by atoms with E-state index in [4.69, 9.17) is 22.3 Å². The molecule has 19 heavy (non-hydrogen) atoms. The van der Waals surface area contributed by atoms with E-state index in [-0.39, 0.29) is 10.0 Å². The Morgan fingerprint density at radius 1 is 1.32 bits per heavy atom. The minimum absolute atomic E-state index is 0.0361. The standard InChI is InChI=1S/C12H12Cl2N2O2S/c1-8-4-3-5-10(6-8)7-16-12(13)11(9(2)15-16)19(14,17)18/h3-6H,7H2,1-2H3. The Bertz CT molecular complexity index is 723. The number of aryl methyl sites for hydroxylation is 2. The van der Waals surface area contributed by atoms with Crippen molar-refractivity contribution in [1.29, 1.82) is 0 Å². The van der Waals surface area contributed by atoms with Crippen molar-refractivity contribution in [2.24, 2.45) is 0 Å². The van der Waals surface area contributed by atoms with Gasteiger partial charge in [0.05, 0.1) is 12.2 Å². The van der Waals surface area contributed by atoms with E-state index in [1.54, 1.807) is 6.92 Å². The molecule has 0 aliphatic carbocycles. The molecule has 1 heterocycles. The van der Waals surface area contributed by atoms with Crippen molar-refractivity contribution >= 4 is 31.3 Å². The molecule has 1 aromatic heterocycles. The van der Waals surface area contributed by atoms with E-state index in [1.807, 2.05) is 31.2 Å². The Hall–Kier alpha value is -1.04. The van der Waals surface area contributed by atoms with Crippen molar-refractivity contribution in [1.82, 2.24) is 9.78 Å². The summed E-state index contributed by atoms with van der Waals surface area (Å²) in [5, 5.41) is 4.16. The second kappa shape index (κ2) is 5.15. The van der Waals surface area contributed by atoms with Gasteiger partial charge in [0.2, 0.25) is 0 Å². The van der Waals surface area contributed by atoms with Gasteiger partial charge in [-0.25, -0.2) is 13.1 Å². The van der Waals surface area contributed by atoms with E-state index in [0.717, 1.165) is 11.1 Å². The fourth-order valence-corrected chi connectivity index (χ4v) is 3.81. The van der Waals surface area contributed by atoms with E-state index < -0.39 is 9.05 Å². The van der Waals surface area contributed by atoms with Crippen molar-refractivity contribution in [2.45, 2.75) is 25.3 Å². The molecule has 0 aliphatic rings. The molecule has 2 rings (SSSR count). The molecule has 0 unspecified atom stereocenters. The summed E-state index contributed by atoms with van der Waals surface area (Å²) in [4.78, 5) is -0.122. The molecule has 0 atom stereocenters. The molecule has 0 N–H and O–H groups in total. The van der Waals surface area contributed by atoms with Crippen LogP contribution in [0.2, 0.25) is 5.15 Å². The number of aromatic nitrogens is 2. The Labute approximate surface area is 121 Å². The van der Waals surface area contributed by atoms with Gasteiger partial charge in [0.15, 0.2) is 0 Å². The molecule has 0 aliphatic heterocycles. The van der Waals surface area contributed by atoms with Crippen LogP contribution in [0.3, 0.4) is 0 Å². The van der Waals surface area contributed by atoms with E-state index >= 15 is 0 Å². The summed E-state index contributed by atoms with van der Waals surface area (Å²) in [5.74, 6) is 0. The molecule has 0 bridgehead atoms. The molecule has 0 radical (unpaired) electrons. The van der Waals surface area contributed by atoms with Gasteiger partial charge in [-0.3, -0.25) is 0 Å². The second-order valence-corrected chi connectivity index (χ2v) is 7.15. The van der Waals surface area contributed by atoms with Crippen molar-refractivity contribution < 1.29 is 8.42 Å². The lowest BCUT2D eigenvalue weighted by Gasteiger charge is -2.04. The quantitative estimate of drug-likeness (QED) is 0.817. The van der Waals surface area contributed by atoms with Gasteiger partial charge in [0, 0.05) is 10.7 Å². The summed E-state index contributed by atoms with van der Waals surface area (Å²) in [5.41, 5.74) is 2.40. The molecule has 4 nitrogen and oxygen atoms in total. The molecule has 0 fully saturated rings. The Kier molecular flexibility index (Phi) is 3.90. The molecule has 102 valence electrons. The summed E-state index contributed by atoms with van der Waals surface area (Å²) >= 11 is 6.04. The number of rotatable bonds is 3. The van der Waals surface area contributed by atoms with Gasteiger partial charge in [-0.05, 0) is 19.4 Å². The molecule has 1 aromatic carbocycles. The van der Waals surface area contributed by atoms with E-state index in [0.29, 0.717) is 12.2 Å². The molecular weight excluding hydrogens is 307 g/mol. The van der Waals surface area contributed by atoms with Gasteiger partial charge in [-0.2, -0.15) is 5.10 Å². The highest BCUT2D eigenvalue weighted by Gasteiger charge is 2.24. The third kappa shape index (κ3) is 3.11. The predicted octanol–water partition coefficient (Wildman–Crippen LogP) is 3.13. The fourth-order valence-electron chi connectivity index (χ4n) is 1.90. The monoisotopic (exact) mass is 318 g/mol. The summed E-state index contributed by atoms with van der Waals surface area (Å²) in [7, 11) is 1.46. The average molecular weight is 319 g/mol. The van der Waals surface area contributed by atoms with Crippen molar-refractivity contribution in [3.8, 4) is 0 Å². The summed E-state index contributed by atoms with van der Waals surface area (Å²) in [6, 6.07) is 7.82. The largest absolute Gasteiger partial charge is 0.266 e. The number of benzene rings is 1. The molecule has 7 heteroatoms. The normalized spacial score (nSPS) is 11.8. The van der Waals surface area contributed by atoms with Crippen LogP contribution in [-0.4, -0.2) is 18.2 Å². The highest BCUT2D eigenvalue weighted by molar-refractivity contribution is 8.13. The summed E-state index contributed by atoms with van der Waals surface area (Å²) < 4.78 is 24.3. The van der Waals surface area contributed by atoms with Gasteiger partial charge in [-0.15, -0.1) is 0 Å². The summed E-state index contributed by atoms with van der Waals surface area (Å²) in [6.07, 6.45) is 0. The molecule has 0 saturated carbocycles. The highest BCUT2D eigenvalue weighted by atomic mass is 35.7. The lowest BCUT2D eigenvalue weighted by molar-refractivity contribution is 0.609. The lowest BCUT2D eigenvalue weighted by atomic mass is 10.1. The zero-order valence-electron chi connectivity index (χ0n) is 10.4. The highest BCUT2D eigenvalue weighted by Crippen LogP contribution is 2.28. The lowest BCUT2D eigenvalue weighted by Crippen LogP contribution is -2.02.